The molecule has 0 aromatic carbocycles. The fourth-order valence-corrected chi connectivity index (χ4v) is 3.59. The highest BCUT2D eigenvalue weighted by Gasteiger charge is 2.50. The van der Waals surface area contributed by atoms with Crippen molar-refractivity contribution >= 4 is 0 Å². The van der Waals surface area contributed by atoms with Crippen LogP contribution in [0.3, 0.4) is 0 Å². The summed E-state index contributed by atoms with van der Waals surface area (Å²) in [7, 11) is 2.22. The standard InChI is InChI=1S/C15H30N2O/c1-14(2)7-4-8-15(14,12-16)17(3)9-10-18-11-13-5-6-13/h13H,4-12,16H2,1-3H3. The third-order valence-corrected chi connectivity index (χ3v) is 5.34. The van der Waals surface area contributed by atoms with Gasteiger partial charge in [0.25, 0.3) is 0 Å². The number of nitrogens with two attached hydrogens (primary N) is 1. The Hall–Kier alpha value is -0.120. The van der Waals surface area contributed by atoms with E-state index in [2.05, 4.69) is 25.8 Å². The second-order valence-corrected chi connectivity index (χ2v) is 6.91. The van der Waals surface area contributed by atoms with Gasteiger partial charge in [0.15, 0.2) is 0 Å². The molecular weight excluding hydrogens is 224 g/mol. The van der Waals surface area contributed by atoms with E-state index in [1.54, 1.807) is 0 Å². The summed E-state index contributed by atoms with van der Waals surface area (Å²) >= 11 is 0. The molecule has 0 aromatic heterocycles. The van der Waals surface area contributed by atoms with Crippen molar-refractivity contribution in [2.45, 2.75) is 51.5 Å². The van der Waals surface area contributed by atoms with E-state index in [1.165, 1.54) is 32.1 Å². The molecule has 2 N–H and O–H groups in total. The van der Waals surface area contributed by atoms with Crippen LogP contribution in [0.4, 0.5) is 0 Å². The molecule has 0 heterocycles. The normalized spacial score (nSPS) is 31.2. The molecule has 0 spiro atoms. The first kappa shape index (κ1) is 14.3. The van der Waals surface area contributed by atoms with Crippen molar-refractivity contribution in [1.29, 1.82) is 0 Å². The second-order valence-electron chi connectivity index (χ2n) is 6.91. The molecule has 2 saturated carbocycles. The number of rotatable bonds is 7. The van der Waals surface area contributed by atoms with E-state index in [0.29, 0.717) is 5.41 Å². The van der Waals surface area contributed by atoms with Gasteiger partial charge in [-0.15, -0.1) is 0 Å². The van der Waals surface area contributed by atoms with E-state index in [1.807, 2.05) is 0 Å². The molecule has 0 amide bonds. The number of hydrogen-bond acceptors (Lipinski definition) is 3. The fraction of sp³-hybridized carbons (Fsp3) is 1.00. The molecule has 18 heavy (non-hydrogen) atoms. The van der Waals surface area contributed by atoms with Gasteiger partial charge < -0.3 is 10.5 Å². The minimum atomic E-state index is 0.177. The van der Waals surface area contributed by atoms with Crippen molar-refractivity contribution in [3.8, 4) is 0 Å². The number of hydrogen-bond donors (Lipinski definition) is 1. The molecule has 1 unspecified atom stereocenters. The van der Waals surface area contributed by atoms with Crippen molar-refractivity contribution in [2.75, 3.05) is 33.4 Å². The van der Waals surface area contributed by atoms with Crippen LogP contribution >= 0.6 is 0 Å². The molecule has 0 saturated heterocycles. The van der Waals surface area contributed by atoms with E-state index in [4.69, 9.17) is 10.5 Å². The summed E-state index contributed by atoms with van der Waals surface area (Å²) in [4.78, 5) is 2.47. The molecule has 106 valence electrons. The molecule has 0 aromatic rings. The van der Waals surface area contributed by atoms with Crippen LogP contribution in [-0.4, -0.2) is 43.8 Å². The summed E-state index contributed by atoms with van der Waals surface area (Å²) in [6.45, 7) is 8.33. The first-order valence-electron chi connectivity index (χ1n) is 7.51. The van der Waals surface area contributed by atoms with Gasteiger partial charge in [-0.25, -0.2) is 0 Å². The van der Waals surface area contributed by atoms with Crippen molar-refractivity contribution < 1.29 is 4.74 Å². The average molecular weight is 254 g/mol. The lowest BCUT2D eigenvalue weighted by Gasteiger charge is -2.47. The van der Waals surface area contributed by atoms with Gasteiger partial charge in [0.2, 0.25) is 0 Å². The maximum atomic E-state index is 6.13. The van der Waals surface area contributed by atoms with Gasteiger partial charge in [0, 0.05) is 25.2 Å². The summed E-state index contributed by atoms with van der Waals surface area (Å²) in [5.74, 6) is 0.863. The first-order chi connectivity index (χ1) is 8.52. The predicted molar refractivity (Wildman–Crippen MR) is 75.6 cm³/mol. The average Bonchev–Trinajstić information content (AvgIpc) is 3.08. The van der Waals surface area contributed by atoms with Crippen LogP contribution in [0.25, 0.3) is 0 Å². The van der Waals surface area contributed by atoms with E-state index < -0.39 is 0 Å². The SMILES string of the molecule is CN(CCOCC1CC1)C1(CN)CCCC1(C)C. The van der Waals surface area contributed by atoms with Crippen LogP contribution < -0.4 is 5.73 Å². The van der Waals surface area contributed by atoms with Gasteiger partial charge in [-0.2, -0.15) is 0 Å². The maximum Gasteiger partial charge on any atom is 0.0593 e. The smallest absolute Gasteiger partial charge is 0.0593 e. The summed E-state index contributed by atoms with van der Waals surface area (Å²) < 4.78 is 5.76. The zero-order chi connectivity index (χ0) is 13.2. The Morgan fingerprint density at radius 3 is 2.50 bits per heavy atom. The summed E-state index contributed by atoms with van der Waals surface area (Å²) in [5.41, 5.74) is 6.63. The van der Waals surface area contributed by atoms with Crippen molar-refractivity contribution in [2.24, 2.45) is 17.1 Å². The second kappa shape index (κ2) is 5.48. The molecule has 2 rings (SSSR count). The molecule has 2 aliphatic carbocycles. The molecule has 2 aliphatic rings. The highest BCUT2D eigenvalue weighted by Crippen LogP contribution is 2.48. The molecule has 3 nitrogen and oxygen atoms in total. The topological polar surface area (TPSA) is 38.5 Å². The fourth-order valence-electron chi connectivity index (χ4n) is 3.59. The quantitative estimate of drug-likeness (QED) is 0.708. The third kappa shape index (κ3) is 2.73. The van der Waals surface area contributed by atoms with Crippen LogP contribution in [0.5, 0.6) is 0 Å². The Labute approximate surface area is 112 Å². The molecule has 2 fully saturated rings. The Bertz CT molecular complexity index is 276. The van der Waals surface area contributed by atoms with Gasteiger partial charge in [-0.05, 0) is 44.1 Å². The van der Waals surface area contributed by atoms with E-state index in [9.17, 15) is 0 Å². The zero-order valence-corrected chi connectivity index (χ0v) is 12.4. The minimum absolute atomic E-state index is 0.177. The molecule has 3 heteroatoms. The van der Waals surface area contributed by atoms with Crippen molar-refractivity contribution in [3.63, 3.8) is 0 Å². The van der Waals surface area contributed by atoms with Gasteiger partial charge in [0.1, 0.15) is 0 Å². The van der Waals surface area contributed by atoms with Crippen LogP contribution in [0, 0.1) is 11.3 Å². The van der Waals surface area contributed by atoms with Crippen LogP contribution in [-0.2, 0) is 4.74 Å². The summed E-state index contributed by atoms with van der Waals surface area (Å²) in [5, 5.41) is 0. The van der Waals surface area contributed by atoms with Gasteiger partial charge in [-0.1, -0.05) is 20.3 Å². The molecule has 1 atom stereocenters. The largest absolute Gasteiger partial charge is 0.380 e. The highest BCUT2D eigenvalue weighted by molar-refractivity contribution is 5.06. The number of nitrogens with zero attached hydrogens (tertiary/aromatic N) is 1. The van der Waals surface area contributed by atoms with Gasteiger partial charge in [-0.3, -0.25) is 4.90 Å². The molecular formula is C15H30N2O. The molecule has 0 bridgehead atoms. The van der Waals surface area contributed by atoms with Crippen LogP contribution in [0.15, 0.2) is 0 Å². The third-order valence-electron chi connectivity index (χ3n) is 5.34. The van der Waals surface area contributed by atoms with Crippen LogP contribution in [0.2, 0.25) is 0 Å². The lowest BCUT2D eigenvalue weighted by molar-refractivity contribution is 0.00788. The number of likely N-dealkylation sites (N-methyl/N-ethyl adjacent to an activating group) is 1. The summed E-state index contributed by atoms with van der Waals surface area (Å²) in [6.07, 6.45) is 6.57. The van der Waals surface area contributed by atoms with E-state index in [-0.39, 0.29) is 5.54 Å². The highest BCUT2D eigenvalue weighted by atomic mass is 16.5. The molecule has 0 radical (unpaired) electrons. The number of ether oxygens (including phenoxy) is 1. The Balaban J connectivity index is 1.82. The maximum absolute atomic E-state index is 6.13. The van der Waals surface area contributed by atoms with Crippen molar-refractivity contribution in [3.05, 3.63) is 0 Å². The molecule has 0 aliphatic heterocycles. The Morgan fingerprint density at radius 1 is 1.28 bits per heavy atom. The van der Waals surface area contributed by atoms with Gasteiger partial charge >= 0.3 is 0 Å². The predicted octanol–water partition coefficient (Wildman–Crippen LogP) is 2.25. The lowest BCUT2D eigenvalue weighted by atomic mass is 9.74. The monoisotopic (exact) mass is 254 g/mol. The van der Waals surface area contributed by atoms with E-state index >= 15 is 0 Å². The van der Waals surface area contributed by atoms with Gasteiger partial charge in [0.05, 0.1) is 6.61 Å². The Kier molecular flexibility index (Phi) is 4.35. The summed E-state index contributed by atoms with van der Waals surface area (Å²) in [6, 6.07) is 0. The Morgan fingerprint density at radius 2 is 2.00 bits per heavy atom. The van der Waals surface area contributed by atoms with Crippen LogP contribution in [0.1, 0.15) is 46.0 Å². The minimum Gasteiger partial charge on any atom is -0.380 e. The first-order valence-corrected chi connectivity index (χ1v) is 7.51. The van der Waals surface area contributed by atoms with E-state index in [0.717, 1.165) is 32.2 Å². The lowest BCUT2D eigenvalue weighted by Crippen LogP contribution is -2.59. The van der Waals surface area contributed by atoms with Crippen molar-refractivity contribution in [1.82, 2.24) is 4.90 Å². The zero-order valence-electron chi connectivity index (χ0n) is 12.4.